The van der Waals surface area contributed by atoms with Gasteiger partial charge in [0.05, 0.1) is 16.2 Å². The molecule has 0 aromatic carbocycles. The molecule has 0 aliphatic carbocycles. The van der Waals surface area contributed by atoms with Gasteiger partial charge < -0.3 is 5.32 Å². The van der Waals surface area contributed by atoms with Crippen molar-refractivity contribution in [3.05, 3.63) is 44.3 Å². The molecule has 2 heterocycles. The van der Waals surface area contributed by atoms with E-state index in [4.69, 9.17) is 23.2 Å². The Hall–Kier alpha value is -0.770. The van der Waals surface area contributed by atoms with Crippen LogP contribution in [0, 0.1) is 6.92 Å². The van der Waals surface area contributed by atoms with E-state index >= 15 is 0 Å². The Morgan fingerprint density at radius 2 is 2.12 bits per heavy atom. The number of aryl methyl sites for hydroxylation is 1. The maximum absolute atomic E-state index is 5.91. The zero-order chi connectivity index (χ0) is 12.4. The third-order valence-electron chi connectivity index (χ3n) is 2.49. The lowest BCUT2D eigenvalue weighted by molar-refractivity contribution is 0.888. The number of nitrogens with one attached hydrogen (secondary N) is 1. The van der Waals surface area contributed by atoms with Crippen molar-refractivity contribution in [3.8, 4) is 0 Å². The summed E-state index contributed by atoms with van der Waals surface area (Å²) in [5.74, 6) is 0. The van der Waals surface area contributed by atoms with Crippen LogP contribution < -0.4 is 5.32 Å². The normalized spacial score (nSPS) is 12.5. The molecule has 90 valence electrons. The SMILES string of the molecule is Cc1cc(NC(C)c2csc(Cl)c2)cnc1Cl. The molecule has 0 spiro atoms. The molecular weight excluding hydrogens is 275 g/mol. The van der Waals surface area contributed by atoms with Crippen LogP contribution >= 0.6 is 34.5 Å². The standard InChI is InChI=1S/C12H12Cl2N2S/c1-7-3-10(5-15-12(7)14)16-8(2)9-4-11(13)17-6-9/h3-6,8,16H,1-2H3. The van der Waals surface area contributed by atoms with E-state index in [-0.39, 0.29) is 6.04 Å². The van der Waals surface area contributed by atoms with Crippen LogP contribution in [0.15, 0.2) is 23.7 Å². The van der Waals surface area contributed by atoms with Crippen LogP contribution in [0.25, 0.3) is 0 Å². The molecule has 0 saturated heterocycles. The highest BCUT2D eigenvalue weighted by atomic mass is 35.5. The minimum Gasteiger partial charge on any atom is -0.377 e. The van der Waals surface area contributed by atoms with Crippen molar-refractivity contribution >= 4 is 40.2 Å². The predicted octanol–water partition coefficient (Wildman–Crippen LogP) is 4.93. The van der Waals surface area contributed by atoms with Gasteiger partial charge in [0.1, 0.15) is 5.15 Å². The smallest absolute Gasteiger partial charge is 0.132 e. The summed E-state index contributed by atoms with van der Waals surface area (Å²) in [5.41, 5.74) is 3.10. The molecule has 2 aromatic rings. The van der Waals surface area contributed by atoms with Gasteiger partial charge in [0.15, 0.2) is 0 Å². The van der Waals surface area contributed by atoms with Crippen LogP contribution in [0.2, 0.25) is 9.49 Å². The van der Waals surface area contributed by atoms with Crippen molar-refractivity contribution in [2.45, 2.75) is 19.9 Å². The van der Waals surface area contributed by atoms with E-state index in [0.717, 1.165) is 15.6 Å². The van der Waals surface area contributed by atoms with Gasteiger partial charge in [-0.15, -0.1) is 11.3 Å². The quantitative estimate of drug-likeness (QED) is 0.809. The fourth-order valence-corrected chi connectivity index (χ4v) is 2.61. The molecule has 0 aliphatic heterocycles. The lowest BCUT2D eigenvalue weighted by atomic mass is 10.2. The Morgan fingerprint density at radius 3 is 2.71 bits per heavy atom. The predicted molar refractivity (Wildman–Crippen MR) is 75.4 cm³/mol. The molecule has 1 atom stereocenters. The van der Waals surface area contributed by atoms with Crippen molar-refractivity contribution in [1.29, 1.82) is 0 Å². The van der Waals surface area contributed by atoms with E-state index < -0.39 is 0 Å². The Bertz CT molecular complexity index is 525. The minimum atomic E-state index is 0.195. The fourth-order valence-electron chi connectivity index (χ4n) is 1.52. The summed E-state index contributed by atoms with van der Waals surface area (Å²) in [7, 11) is 0. The minimum absolute atomic E-state index is 0.195. The highest BCUT2D eigenvalue weighted by Crippen LogP contribution is 2.27. The van der Waals surface area contributed by atoms with Gasteiger partial charge >= 0.3 is 0 Å². The largest absolute Gasteiger partial charge is 0.377 e. The molecule has 0 radical (unpaired) electrons. The maximum Gasteiger partial charge on any atom is 0.132 e. The molecule has 1 N–H and O–H groups in total. The van der Waals surface area contributed by atoms with Crippen LogP contribution in [0.4, 0.5) is 5.69 Å². The molecule has 2 aromatic heterocycles. The summed E-state index contributed by atoms with van der Waals surface area (Å²) in [6.45, 7) is 4.02. The molecule has 0 bridgehead atoms. The average molecular weight is 287 g/mol. The Kier molecular flexibility index (Phi) is 3.92. The van der Waals surface area contributed by atoms with E-state index in [9.17, 15) is 0 Å². The van der Waals surface area contributed by atoms with E-state index in [1.807, 2.05) is 19.1 Å². The van der Waals surface area contributed by atoms with Crippen LogP contribution in [0.1, 0.15) is 24.1 Å². The highest BCUT2D eigenvalue weighted by molar-refractivity contribution is 7.14. The van der Waals surface area contributed by atoms with Crippen LogP contribution in [-0.2, 0) is 0 Å². The van der Waals surface area contributed by atoms with Crippen molar-refractivity contribution in [1.82, 2.24) is 4.98 Å². The molecule has 5 heteroatoms. The zero-order valence-corrected chi connectivity index (χ0v) is 11.8. The van der Waals surface area contributed by atoms with E-state index in [1.54, 1.807) is 6.20 Å². The summed E-state index contributed by atoms with van der Waals surface area (Å²) in [6.07, 6.45) is 1.74. The molecule has 2 rings (SSSR count). The first kappa shape index (κ1) is 12.7. The van der Waals surface area contributed by atoms with Crippen molar-refractivity contribution in [3.63, 3.8) is 0 Å². The van der Waals surface area contributed by atoms with Gasteiger partial charge in [-0.3, -0.25) is 0 Å². The number of aromatic nitrogens is 1. The summed E-state index contributed by atoms with van der Waals surface area (Å²) < 4.78 is 0.805. The number of thiophene rings is 1. The van der Waals surface area contributed by atoms with Crippen molar-refractivity contribution < 1.29 is 0 Å². The molecule has 0 aliphatic rings. The Balaban J connectivity index is 2.12. The Morgan fingerprint density at radius 1 is 1.35 bits per heavy atom. The second-order valence-corrected chi connectivity index (χ2v) is 5.78. The van der Waals surface area contributed by atoms with Crippen LogP contribution in [-0.4, -0.2) is 4.98 Å². The van der Waals surface area contributed by atoms with Crippen molar-refractivity contribution in [2.24, 2.45) is 0 Å². The number of hydrogen-bond acceptors (Lipinski definition) is 3. The molecule has 0 amide bonds. The summed E-state index contributed by atoms with van der Waals surface area (Å²) in [4.78, 5) is 4.11. The topological polar surface area (TPSA) is 24.9 Å². The monoisotopic (exact) mass is 286 g/mol. The van der Waals surface area contributed by atoms with Crippen LogP contribution in [0.3, 0.4) is 0 Å². The summed E-state index contributed by atoms with van der Waals surface area (Å²) in [6, 6.07) is 4.15. The van der Waals surface area contributed by atoms with Gasteiger partial charge in [-0.05, 0) is 42.5 Å². The first-order valence-electron chi connectivity index (χ1n) is 5.19. The Labute approximate surface area is 115 Å². The zero-order valence-electron chi connectivity index (χ0n) is 9.50. The van der Waals surface area contributed by atoms with E-state index in [0.29, 0.717) is 5.15 Å². The molecule has 1 unspecified atom stereocenters. The molecule has 0 saturated carbocycles. The number of rotatable bonds is 3. The fraction of sp³-hybridized carbons (Fsp3) is 0.250. The average Bonchev–Trinajstić information content (AvgIpc) is 2.70. The number of halogens is 2. The van der Waals surface area contributed by atoms with Gasteiger partial charge in [0.2, 0.25) is 0 Å². The molecule has 17 heavy (non-hydrogen) atoms. The lowest BCUT2D eigenvalue weighted by Crippen LogP contribution is -2.06. The van der Waals surface area contributed by atoms with Crippen molar-refractivity contribution in [2.75, 3.05) is 5.32 Å². The highest BCUT2D eigenvalue weighted by Gasteiger charge is 2.08. The van der Waals surface area contributed by atoms with E-state index in [1.165, 1.54) is 16.9 Å². The molecular formula is C12H12Cl2N2S. The molecule has 2 nitrogen and oxygen atoms in total. The van der Waals surface area contributed by atoms with Crippen LogP contribution in [0.5, 0.6) is 0 Å². The van der Waals surface area contributed by atoms with Gasteiger partial charge in [-0.1, -0.05) is 23.2 Å². The third-order valence-corrected chi connectivity index (χ3v) is 3.99. The number of nitrogens with zero attached hydrogens (tertiary/aromatic N) is 1. The van der Waals surface area contributed by atoms with Gasteiger partial charge in [0, 0.05) is 6.04 Å². The summed E-state index contributed by atoms with van der Waals surface area (Å²) in [5, 5.41) is 5.96. The number of hydrogen-bond donors (Lipinski definition) is 1. The second kappa shape index (κ2) is 5.25. The lowest BCUT2D eigenvalue weighted by Gasteiger charge is -2.14. The number of anilines is 1. The van der Waals surface area contributed by atoms with Gasteiger partial charge in [0.25, 0.3) is 0 Å². The summed E-state index contributed by atoms with van der Waals surface area (Å²) >= 11 is 13.3. The van der Waals surface area contributed by atoms with E-state index in [2.05, 4.69) is 22.6 Å². The van der Waals surface area contributed by atoms with Gasteiger partial charge in [-0.2, -0.15) is 0 Å². The van der Waals surface area contributed by atoms with Gasteiger partial charge in [-0.25, -0.2) is 4.98 Å². The third kappa shape index (κ3) is 3.12. The first-order chi connectivity index (χ1) is 8.06. The molecule has 0 fully saturated rings. The maximum atomic E-state index is 5.91. The second-order valence-electron chi connectivity index (χ2n) is 3.88. The number of pyridine rings is 1. The first-order valence-corrected chi connectivity index (χ1v) is 6.82.